The number of hydrogen-bond donors (Lipinski definition) is 2. The molecule has 4 nitrogen and oxygen atoms in total. The lowest BCUT2D eigenvalue weighted by atomic mass is 9.86. The molecule has 0 saturated carbocycles. The van der Waals surface area contributed by atoms with E-state index < -0.39 is 32.8 Å². The van der Waals surface area contributed by atoms with Crippen molar-refractivity contribution in [2.24, 2.45) is 0 Å². The van der Waals surface area contributed by atoms with Crippen LogP contribution in [0.4, 0.5) is 0 Å². The van der Waals surface area contributed by atoms with Crippen LogP contribution in [0.25, 0.3) is 0 Å². The van der Waals surface area contributed by atoms with Gasteiger partial charge in [-0.3, -0.25) is 8.42 Å². The minimum Gasteiger partial charge on any atom is -0.369 e. The Bertz CT molecular complexity index is 1280. The van der Waals surface area contributed by atoms with Crippen molar-refractivity contribution in [3.63, 3.8) is 0 Å². The molecule has 0 radical (unpaired) electrons. The molecule has 0 aliphatic rings. The fourth-order valence-corrected chi connectivity index (χ4v) is 3.58. The highest BCUT2D eigenvalue weighted by atomic mass is 32.2. The van der Waals surface area contributed by atoms with Gasteiger partial charge in [-0.05, 0) is 23.7 Å². The van der Waals surface area contributed by atoms with E-state index in [1.807, 2.05) is 121 Å². The van der Waals surface area contributed by atoms with Gasteiger partial charge < -0.3 is 10.2 Å². The van der Waals surface area contributed by atoms with Crippen molar-refractivity contribution < 1.29 is 18.6 Å². The summed E-state index contributed by atoms with van der Waals surface area (Å²) < 4.78 is 19.1. The van der Waals surface area contributed by atoms with Crippen LogP contribution >= 0.6 is 0 Å². The van der Waals surface area contributed by atoms with Crippen molar-refractivity contribution in [3.8, 4) is 23.7 Å². The molecule has 4 rings (SSSR count). The van der Waals surface area contributed by atoms with Crippen molar-refractivity contribution in [1.82, 2.24) is 0 Å². The van der Waals surface area contributed by atoms with Gasteiger partial charge in [0.1, 0.15) is 0 Å². The van der Waals surface area contributed by atoms with E-state index in [-0.39, 0.29) is 0 Å². The molecule has 0 atom stereocenters. The third-order valence-corrected chi connectivity index (χ3v) is 5.32. The molecule has 0 heterocycles. The fraction of sp³-hybridized carbons (Fsp3) is 0.176. The summed E-state index contributed by atoms with van der Waals surface area (Å²) in [5.74, 6) is 11.4. The highest BCUT2D eigenvalue weighted by Gasteiger charge is 2.30. The standard InChI is InChI=1S/C30H22O2.2C2H6OS/c31-29(25-15-5-1-6-16-25,26-17-7-2-8-18-26)23-13-14-24-30(32,27-19-9-3-10-20-27)28-21-11-4-12-22-28;2*1-4(2)3/h1-12,15-22,31-32H;2*1-2H3. The van der Waals surface area contributed by atoms with Gasteiger partial charge in [0, 0.05) is 68.9 Å². The Morgan fingerprint density at radius 2 is 0.625 bits per heavy atom. The van der Waals surface area contributed by atoms with E-state index in [9.17, 15) is 18.6 Å². The predicted octanol–water partition coefficient (Wildman–Crippen LogP) is 4.85. The Hall–Kier alpha value is -3.78. The second-order valence-corrected chi connectivity index (χ2v) is 11.8. The summed E-state index contributed by atoms with van der Waals surface area (Å²) in [5, 5.41) is 23.0. The topological polar surface area (TPSA) is 74.6 Å². The molecule has 0 amide bonds. The first-order chi connectivity index (χ1) is 19.1. The van der Waals surface area contributed by atoms with Gasteiger partial charge in [0.25, 0.3) is 0 Å². The number of aliphatic hydroxyl groups is 2. The van der Waals surface area contributed by atoms with Gasteiger partial charge in [0.05, 0.1) is 0 Å². The fourth-order valence-electron chi connectivity index (χ4n) is 3.58. The predicted molar refractivity (Wildman–Crippen MR) is 167 cm³/mol. The summed E-state index contributed by atoms with van der Waals surface area (Å²) in [4.78, 5) is 0. The summed E-state index contributed by atoms with van der Waals surface area (Å²) in [5.41, 5.74) is -0.420. The Balaban J connectivity index is 0.000000621. The minimum absolute atomic E-state index is 0.611. The quantitative estimate of drug-likeness (QED) is 0.344. The van der Waals surface area contributed by atoms with E-state index in [1.54, 1.807) is 25.0 Å². The molecule has 0 bridgehead atoms. The maximum Gasteiger partial charge on any atom is 0.177 e. The Morgan fingerprint density at radius 1 is 0.450 bits per heavy atom. The van der Waals surface area contributed by atoms with Crippen LogP contribution < -0.4 is 0 Å². The summed E-state index contributed by atoms with van der Waals surface area (Å²) in [6.45, 7) is 0. The van der Waals surface area contributed by atoms with Gasteiger partial charge in [-0.2, -0.15) is 0 Å². The van der Waals surface area contributed by atoms with E-state index in [4.69, 9.17) is 0 Å². The largest absolute Gasteiger partial charge is 0.369 e. The molecule has 2 N–H and O–H groups in total. The summed E-state index contributed by atoms with van der Waals surface area (Å²) in [7, 11) is -1.22. The highest BCUT2D eigenvalue weighted by Crippen LogP contribution is 2.30. The highest BCUT2D eigenvalue weighted by molar-refractivity contribution is 7.83. The van der Waals surface area contributed by atoms with Crippen LogP contribution in [0, 0.1) is 23.7 Å². The molecular weight excluding hydrogens is 537 g/mol. The van der Waals surface area contributed by atoms with Crippen molar-refractivity contribution in [3.05, 3.63) is 144 Å². The van der Waals surface area contributed by atoms with Crippen LogP contribution in [0.15, 0.2) is 121 Å². The van der Waals surface area contributed by atoms with Gasteiger partial charge in [0.2, 0.25) is 0 Å². The Kier molecular flexibility index (Phi) is 13.3. The maximum absolute atomic E-state index is 11.5. The molecular formula is C34H34O4S2. The van der Waals surface area contributed by atoms with Crippen LogP contribution in [-0.2, 0) is 32.8 Å². The number of rotatable bonds is 4. The molecule has 206 valence electrons. The molecule has 0 saturated heterocycles. The van der Waals surface area contributed by atoms with Gasteiger partial charge in [-0.15, -0.1) is 0 Å². The van der Waals surface area contributed by atoms with Gasteiger partial charge in [0.15, 0.2) is 11.2 Å². The zero-order chi connectivity index (χ0) is 29.4. The smallest absolute Gasteiger partial charge is 0.177 e. The third kappa shape index (κ3) is 10.1. The van der Waals surface area contributed by atoms with E-state index in [1.165, 1.54) is 0 Å². The molecule has 0 aliphatic heterocycles. The first kappa shape index (κ1) is 32.4. The van der Waals surface area contributed by atoms with Gasteiger partial charge in [-0.25, -0.2) is 0 Å². The molecule has 0 unspecified atom stereocenters. The van der Waals surface area contributed by atoms with E-state index in [0.29, 0.717) is 22.3 Å². The van der Waals surface area contributed by atoms with Crippen molar-refractivity contribution in [2.75, 3.05) is 25.0 Å². The van der Waals surface area contributed by atoms with Gasteiger partial charge >= 0.3 is 0 Å². The van der Waals surface area contributed by atoms with Crippen molar-refractivity contribution in [1.29, 1.82) is 0 Å². The van der Waals surface area contributed by atoms with Crippen LogP contribution in [0.1, 0.15) is 22.3 Å². The molecule has 0 aliphatic carbocycles. The monoisotopic (exact) mass is 570 g/mol. The van der Waals surface area contributed by atoms with Gasteiger partial charge in [-0.1, -0.05) is 121 Å². The first-order valence-corrected chi connectivity index (χ1v) is 16.2. The Labute approximate surface area is 243 Å². The number of benzene rings is 4. The second-order valence-electron chi connectivity index (χ2n) is 8.87. The van der Waals surface area contributed by atoms with Crippen LogP contribution in [0.3, 0.4) is 0 Å². The van der Waals surface area contributed by atoms with E-state index in [2.05, 4.69) is 23.7 Å². The van der Waals surface area contributed by atoms with E-state index in [0.717, 1.165) is 0 Å². The minimum atomic E-state index is -1.52. The zero-order valence-corrected chi connectivity index (χ0v) is 24.7. The summed E-state index contributed by atoms with van der Waals surface area (Å²) in [6, 6.07) is 37.1. The second kappa shape index (κ2) is 16.4. The SMILES string of the molecule is CS(C)=O.CS(C)=O.OC(C#CC#CC(O)(c1ccccc1)c1ccccc1)(c1ccccc1)c1ccccc1. The average molecular weight is 571 g/mol. The van der Waals surface area contributed by atoms with Crippen LogP contribution in [0.5, 0.6) is 0 Å². The molecule has 4 aromatic carbocycles. The molecule has 4 aromatic rings. The molecule has 6 heteroatoms. The van der Waals surface area contributed by atoms with Crippen LogP contribution in [-0.4, -0.2) is 43.7 Å². The van der Waals surface area contributed by atoms with Crippen molar-refractivity contribution >= 4 is 21.6 Å². The normalized spacial score (nSPS) is 10.5. The summed E-state index contributed by atoms with van der Waals surface area (Å²) in [6.07, 6.45) is 6.56. The lowest BCUT2D eigenvalue weighted by Gasteiger charge is -2.23. The first-order valence-electron chi connectivity index (χ1n) is 12.3. The third-order valence-electron chi connectivity index (χ3n) is 5.32. The molecule has 0 spiro atoms. The average Bonchev–Trinajstić information content (AvgIpc) is 2.96. The Morgan fingerprint density at radius 3 is 0.800 bits per heavy atom. The lowest BCUT2D eigenvalue weighted by Crippen LogP contribution is -2.25. The van der Waals surface area contributed by atoms with Crippen molar-refractivity contribution in [2.45, 2.75) is 11.2 Å². The maximum atomic E-state index is 11.5. The van der Waals surface area contributed by atoms with Crippen LogP contribution in [0.2, 0.25) is 0 Å². The number of hydrogen-bond acceptors (Lipinski definition) is 4. The van der Waals surface area contributed by atoms with E-state index >= 15 is 0 Å². The molecule has 40 heavy (non-hydrogen) atoms. The molecule has 0 fully saturated rings. The summed E-state index contributed by atoms with van der Waals surface area (Å²) >= 11 is 0. The lowest BCUT2D eigenvalue weighted by molar-refractivity contribution is 0.144. The zero-order valence-electron chi connectivity index (χ0n) is 23.1. The molecule has 0 aromatic heterocycles.